The normalized spacial score (nSPS) is 10.8. The lowest BCUT2D eigenvalue weighted by Crippen LogP contribution is -2.37. The van der Waals surface area contributed by atoms with Crippen LogP contribution in [0.2, 0.25) is 0 Å². The number of anilines is 1. The minimum atomic E-state index is 0.00806. The van der Waals surface area contributed by atoms with E-state index in [2.05, 4.69) is 27.8 Å². The van der Waals surface area contributed by atoms with Gasteiger partial charge in [0.15, 0.2) is 0 Å². The SMILES string of the molecule is CCCN(CCN(C)C)C(=O)c1ccc(Br)cc1N. The number of hydrogen-bond donors (Lipinski definition) is 1. The molecule has 4 nitrogen and oxygen atoms in total. The Morgan fingerprint density at radius 1 is 1.26 bits per heavy atom. The second kappa shape index (κ2) is 7.50. The second-order valence-electron chi connectivity index (χ2n) is 4.83. The van der Waals surface area contributed by atoms with Gasteiger partial charge in [0, 0.05) is 29.8 Å². The van der Waals surface area contributed by atoms with Gasteiger partial charge < -0.3 is 15.5 Å². The van der Waals surface area contributed by atoms with Crippen LogP contribution in [0.5, 0.6) is 0 Å². The molecule has 0 spiro atoms. The Morgan fingerprint density at radius 2 is 1.95 bits per heavy atom. The molecule has 0 fully saturated rings. The molecule has 1 rings (SSSR count). The van der Waals surface area contributed by atoms with E-state index < -0.39 is 0 Å². The van der Waals surface area contributed by atoms with Gasteiger partial charge in [0.1, 0.15) is 0 Å². The Morgan fingerprint density at radius 3 is 2.47 bits per heavy atom. The second-order valence-corrected chi connectivity index (χ2v) is 5.74. The first-order valence-electron chi connectivity index (χ1n) is 6.44. The van der Waals surface area contributed by atoms with Gasteiger partial charge in [-0.25, -0.2) is 0 Å². The zero-order valence-corrected chi connectivity index (χ0v) is 13.4. The van der Waals surface area contributed by atoms with Crippen molar-refractivity contribution in [2.75, 3.05) is 39.5 Å². The lowest BCUT2D eigenvalue weighted by atomic mass is 10.1. The van der Waals surface area contributed by atoms with Crippen LogP contribution in [0.4, 0.5) is 5.69 Å². The van der Waals surface area contributed by atoms with E-state index in [1.165, 1.54) is 0 Å². The fourth-order valence-electron chi connectivity index (χ4n) is 1.80. The number of halogens is 1. The van der Waals surface area contributed by atoms with Crippen LogP contribution in [-0.4, -0.2) is 49.4 Å². The fourth-order valence-corrected chi connectivity index (χ4v) is 2.18. The highest BCUT2D eigenvalue weighted by Crippen LogP contribution is 2.20. The largest absolute Gasteiger partial charge is 0.398 e. The van der Waals surface area contributed by atoms with Gasteiger partial charge in [-0.05, 0) is 38.7 Å². The van der Waals surface area contributed by atoms with Crippen LogP contribution in [0, 0.1) is 0 Å². The molecule has 2 N–H and O–H groups in total. The molecule has 0 heterocycles. The van der Waals surface area contributed by atoms with Crippen molar-refractivity contribution in [3.63, 3.8) is 0 Å². The number of benzene rings is 1. The summed E-state index contributed by atoms with van der Waals surface area (Å²) in [5.41, 5.74) is 7.02. The smallest absolute Gasteiger partial charge is 0.255 e. The quantitative estimate of drug-likeness (QED) is 0.816. The van der Waals surface area contributed by atoms with Crippen LogP contribution in [0.1, 0.15) is 23.7 Å². The Hall–Kier alpha value is -1.07. The highest BCUT2D eigenvalue weighted by atomic mass is 79.9. The number of carbonyl (C=O) groups is 1. The summed E-state index contributed by atoms with van der Waals surface area (Å²) in [6, 6.07) is 5.39. The molecule has 0 aliphatic carbocycles. The third kappa shape index (κ3) is 4.84. The summed E-state index contributed by atoms with van der Waals surface area (Å²) in [4.78, 5) is 16.4. The maximum Gasteiger partial charge on any atom is 0.255 e. The molecular weight excluding hydrogens is 306 g/mol. The van der Waals surface area contributed by atoms with E-state index in [0.29, 0.717) is 11.3 Å². The Bertz CT molecular complexity index is 435. The molecule has 0 radical (unpaired) electrons. The average molecular weight is 328 g/mol. The van der Waals surface area contributed by atoms with E-state index in [1.807, 2.05) is 25.1 Å². The van der Waals surface area contributed by atoms with Gasteiger partial charge in [-0.3, -0.25) is 4.79 Å². The zero-order chi connectivity index (χ0) is 14.4. The fraction of sp³-hybridized carbons (Fsp3) is 0.500. The summed E-state index contributed by atoms with van der Waals surface area (Å²) in [5.74, 6) is 0.00806. The van der Waals surface area contributed by atoms with E-state index in [1.54, 1.807) is 12.1 Å². The molecule has 1 aromatic carbocycles. The maximum absolute atomic E-state index is 12.5. The van der Waals surface area contributed by atoms with Gasteiger partial charge in [-0.2, -0.15) is 0 Å². The van der Waals surface area contributed by atoms with Crippen LogP contribution in [-0.2, 0) is 0 Å². The van der Waals surface area contributed by atoms with Gasteiger partial charge in [0.2, 0.25) is 0 Å². The van der Waals surface area contributed by atoms with Crippen molar-refractivity contribution in [2.45, 2.75) is 13.3 Å². The van der Waals surface area contributed by atoms with Gasteiger partial charge >= 0.3 is 0 Å². The van der Waals surface area contributed by atoms with E-state index in [-0.39, 0.29) is 5.91 Å². The molecule has 0 saturated heterocycles. The summed E-state index contributed by atoms with van der Waals surface area (Å²) in [7, 11) is 4.01. The van der Waals surface area contributed by atoms with E-state index >= 15 is 0 Å². The van der Waals surface area contributed by atoms with Gasteiger partial charge in [0.05, 0.1) is 5.56 Å². The summed E-state index contributed by atoms with van der Waals surface area (Å²) >= 11 is 3.35. The maximum atomic E-state index is 12.5. The van der Waals surface area contributed by atoms with Gasteiger partial charge in [-0.15, -0.1) is 0 Å². The minimum Gasteiger partial charge on any atom is -0.398 e. The molecule has 0 aliphatic rings. The predicted molar refractivity (Wildman–Crippen MR) is 83.3 cm³/mol. The van der Waals surface area contributed by atoms with Crippen molar-refractivity contribution in [2.24, 2.45) is 0 Å². The molecule has 0 atom stereocenters. The lowest BCUT2D eigenvalue weighted by Gasteiger charge is -2.24. The summed E-state index contributed by atoms with van der Waals surface area (Å²) in [5, 5.41) is 0. The van der Waals surface area contributed by atoms with Crippen LogP contribution in [0.3, 0.4) is 0 Å². The number of amides is 1. The van der Waals surface area contributed by atoms with E-state index in [4.69, 9.17) is 5.73 Å². The van der Waals surface area contributed by atoms with Crippen LogP contribution < -0.4 is 5.73 Å². The number of hydrogen-bond acceptors (Lipinski definition) is 3. The van der Waals surface area contributed by atoms with Crippen molar-refractivity contribution >= 4 is 27.5 Å². The van der Waals surface area contributed by atoms with E-state index in [0.717, 1.165) is 30.5 Å². The van der Waals surface area contributed by atoms with Crippen molar-refractivity contribution in [1.82, 2.24) is 9.80 Å². The summed E-state index contributed by atoms with van der Waals surface area (Å²) < 4.78 is 0.886. The highest BCUT2D eigenvalue weighted by Gasteiger charge is 2.17. The standard InChI is InChI=1S/C14H22BrN3O/c1-4-7-18(9-8-17(2)3)14(19)12-6-5-11(15)10-13(12)16/h5-6,10H,4,7-9,16H2,1-3H3. The van der Waals surface area contributed by atoms with Gasteiger partial charge in [0.25, 0.3) is 5.91 Å². The molecule has 0 aromatic heterocycles. The molecule has 0 aliphatic heterocycles. The number of nitrogen functional groups attached to an aromatic ring is 1. The number of carbonyl (C=O) groups excluding carboxylic acids is 1. The van der Waals surface area contributed by atoms with Gasteiger partial charge in [-0.1, -0.05) is 22.9 Å². The first-order valence-corrected chi connectivity index (χ1v) is 7.24. The van der Waals surface area contributed by atoms with Crippen LogP contribution in [0.15, 0.2) is 22.7 Å². The molecule has 1 amide bonds. The molecule has 0 unspecified atom stereocenters. The van der Waals surface area contributed by atoms with Crippen molar-refractivity contribution in [1.29, 1.82) is 0 Å². The van der Waals surface area contributed by atoms with Crippen molar-refractivity contribution < 1.29 is 4.79 Å². The predicted octanol–water partition coefficient (Wildman–Crippen LogP) is 2.45. The summed E-state index contributed by atoms with van der Waals surface area (Å²) in [6.07, 6.45) is 0.940. The third-order valence-corrected chi connectivity index (χ3v) is 3.34. The molecule has 0 bridgehead atoms. The topological polar surface area (TPSA) is 49.6 Å². The Labute approximate surface area is 123 Å². The van der Waals surface area contributed by atoms with E-state index in [9.17, 15) is 4.79 Å². The Balaban J connectivity index is 2.85. The number of nitrogens with two attached hydrogens (primary N) is 1. The minimum absolute atomic E-state index is 0.00806. The zero-order valence-electron chi connectivity index (χ0n) is 11.8. The monoisotopic (exact) mass is 327 g/mol. The molecular formula is C14H22BrN3O. The first kappa shape index (κ1) is 16.0. The molecule has 106 valence electrons. The Kier molecular flexibility index (Phi) is 6.31. The summed E-state index contributed by atoms with van der Waals surface area (Å²) in [6.45, 7) is 4.39. The highest BCUT2D eigenvalue weighted by molar-refractivity contribution is 9.10. The van der Waals surface area contributed by atoms with Crippen molar-refractivity contribution in [3.05, 3.63) is 28.2 Å². The van der Waals surface area contributed by atoms with Crippen LogP contribution in [0.25, 0.3) is 0 Å². The lowest BCUT2D eigenvalue weighted by molar-refractivity contribution is 0.0746. The first-order chi connectivity index (χ1) is 8.95. The van der Waals surface area contributed by atoms with Crippen LogP contribution >= 0.6 is 15.9 Å². The van der Waals surface area contributed by atoms with Crippen molar-refractivity contribution in [3.8, 4) is 0 Å². The average Bonchev–Trinajstić information content (AvgIpc) is 2.33. The molecule has 19 heavy (non-hydrogen) atoms. The molecule has 1 aromatic rings. The molecule has 5 heteroatoms. The third-order valence-electron chi connectivity index (χ3n) is 2.84. The molecule has 0 saturated carbocycles. The number of rotatable bonds is 6. The number of nitrogens with zero attached hydrogens (tertiary/aromatic N) is 2. The number of likely N-dealkylation sites (N-methyl/N-ethyl adjacent to an activating group) is 1.